The van der Waals surface area contributed by atoms with Gasteiger partial charge in [0.25, 0.3) is 0 Å². The first-order chi connectivity index (χ1) is 20.8. The van der Waals surface area contributed by atoms with E-state index in [1.807, 2.05) is 12.1 Å². The largest absolute Gasteiger partial charge is 0.311 e. The molecule has 5 aromatic carbocycles. The Labute approximate surface area is 251 Å². The monoisotopic (exact) mass is 543 g/mol. The second-order valence-electron chi connectivity index (χ2n) is 10.2. The molecule has 0 aliphatic heterocycles. The molecule has 0 amide bonds. The number of nitrogens with zero attached hydrogens (tertiary/aromatic N) is 1. The summed E-state index contributed by atoms with van der Waals surface area (Å²) in [5.74, 6) is 0. The van der Waals surface area contributed by atoms with E-state index in [1.165, 1.54) is 27.8 Å². The minimum atomic E-state index is 1.10. The van der Waals surface area contributed by atoms with Crippen molar-refractivity contribution in [2.45, 2.75) is 19.8 Å². The van der Waals surface area contributed by atoms with Gasteiger partial charge < -0.3 is 4.90 Å². The van der Waals surface area contributed by atoms with Crippen LogP contribution >= 0.6 is 0 Å². The number of aryl methyl sites for hydroxylation is 1. The molecule has 0 bridgehead atoms. The van der Waals surface area contributed by atoms with E-state index >= 15 is 0 Å². The molecule has 1 heteroatoms. The van der Waals surface area contributed by atoms with Crippen molar-refractivity contribution in [2.24, 2.45) is 0 Å². The molecule has 0 heterocycles. The van der Waals surface area contributed by atoms with Crippen molar-refractivity contribution in [3.8, 4) is 0 Å². The lowest BCUT2D eigenvalue weighted by Gasteiger charge is -2.26. The zero-order chi connectivity index (χ0) is 28.8. The Morgan fingerprint density at radius 1 is 0.405 bits per heavy atom. The van der Waals surface area contributed by atoms with Crippen LogP contribution in [0.15, 0.2) is 158 Å². The van der Waals surface area contributed by atoms with Crippen LogP contribution < -0.4 is 4.90 Å². The van der Waals surface area contributed by atoms with Gasteiger partial charge in [0.15, 0.2) is 0 Å². The maximum Gasteiger partial charge on any atom is 0.0462 e. The number of allylic oxidation sites excluding steroid dienone is 4. The van der Waals surface area contributed by atoms with Gasteiger partial charge in [-0.3, -0.25) is 0 Å². The van der Waals surface area contributed by atoms with E-state index in [2.05, 4.69) is 182 Å². The van der Waals surface area contributed by atoms with Gasteiger partial charge in [0.05, 0.1) is 0 Å². The molecule has 0 fully saturated rings. The van der Waals surface area contributed by atoms with E-state index in [1.54, 1.807) is 0 Å². The number of hydrogen-bond acceptors (Lipinski definition) is 1. The number of anilines is 3. The first kappa shape index (κ1) is 28.4. The second kappa shape index (κ2) is 15.0. The van der Waals surface area contributed by atoms with E-state index in [-0.39, 0.29) is 0 Å². The van der Waals surface area contributed by atoms with Gasteiger partial charge in [0, 0.05) is 17.1 Å². The minimum Gasteiger partial charge on any atom is -0.311 e. The van der Waals surface area contributed by atoms with Crippen LogP contribution in [0.2, 0.25) is 0 Å². The van der Waals surface area contributed by atoms with Crippen molar-refractivity contribution >= 4 is 41.4 Å². The predicted molar refractivity (Wildman–Crippen MR) is 184 cm³/mol. The zero-order valence-electron chi connectivity index (χ0n) is 24.2. The van der Waals surface area contributed by atoms with Gasteiger partial charge in [0.2, 0.25) is 0 Å². The van der Waals surface area contributed by atoms with Gasteiger partial charge in [-0.05, 0) is 70.6 Å². The highest BCUT2D eigenvalue weighted by Gasteiger charge is 2.12. The van der Waals surface area contributed by atoms with Gasteiger partial charge in [-0.15, -0.1) is 0 Å². The number of rotatable bonds is 11. The fourth-order valence-corrected chi connectivity index (χ4v) is 4.81. The molecule has 1 nitrogen and oxygen atoms in total. The van der Waals surface area contributed by atoms with Crippen LogP contribution in [0.25, 0.3) is 24.3 Å². The summed E-state index contributed by atoms with van der Waals surface area (Å²) < 4.78 is 0. The fraction of sp³-hybridized carbons (Fsp3) is 0.0732. The van der Waals surface area contributed by atoms with Crippen LogP contribution in [0.5, 0.6) is 0 Å². The summed E-state index contributed by atoms with van der Waals surface area (Å²) in [6.45, 7) is 2.22. The summed E-state index contributed by atoms with van der Waals surface area (Å²) in [4.78, 5) is 2.32. The average Bonchev–Trinajstić information content (AvgIpc) is 3.05. The van der Waals surface area contributed by atoms with E-state index in [4.69, 9.17) is 0 Å². The summed E-state index contributed by atoms with van der Waals surface area (Å²) in [5, 5.41) is 0. The second-order valence-corrected chi connectivity index (χ2v) is 10.2. The molecule has 0 unspecified atom stereocenters. The van der Waals surface area contributed by atoms with Crippen molar-refractivity contribution < 1.29 is 0 Å². The molecular formula is C41H37N. The Balaban J connectivity index is 1.34. The summed E-state index contributed by atoms with van der Waals surface area (Å²) in [6.07, 6.45) is 19.1. The maximum absolute atomic E-state index is 2.32. The molecular weight excluding hydrogens is 506 g/mol. The zero-order valence-corrected chi connectivity index (χ0v) is 24.2. The van der Waals surface area contributed by atoms with Gasteiger partial charge in [-0.25, -0.2) is 0 Å². The van der Waals surface area contributed by atoms with Crippen molar-refractivity contribution in [3.63, 3.8) is 0 Å². The predicted octanol–water partition coefficient (Wildman–Crippen LogP) is 11.6. The number of hydrogen-bond donors (Lipinski definition) is 0. The molecule has 0 radical (unpaired) electrons. The Morgan fingerprint density at radius 3 is 1.10 bits per heavy atom. The van der Waals surface area contributed by atoms with Crippen molar-refractivity contribution in [1.29, 1.82) is 0 Å². The van der Waals surface area contributed by atoms with Crippen LogP contribution in [0.3, 0.4) is 0 Å². The summed E-state index contributed by atoms with van der Waals surface area (Å²) in [5.41, 5.74) is 9.50. The van der Waals surface area contributed by atoms with E-state index in [0.29, 0.717) is 0 Å². The van der Waals surface area contributed by atoms with Gasteiger partial charge in [-0.1, -0.05) is 159 Å². The lowest BCUT2D eigenvalue weighted by atomic mass is 10.1. The molecule has 5 rings (SSSR count). The third-order valence-electron chi connectivity index (χ3n) is 7.01. The highest BCUT2D eigenvalue weighted by molar-refractivity contribution is 5.78. The minimum absolute atomic E-state index is 1.10. The van der Waals surface area contributed by atoms with Crippen LogP contribution in [0.1, 0.15) is 41.2 Å². The molecule has 0 saturated carbocycles. The average molecular weight is 544 g/mol. The Kier molecular flexibility index (Phi) is 10.2. The first-order valence-electron chi connectivity index (χ1n) is 14.7. The molecule has 5 aromatic rings. The summed E-state index contributed by atoms with van der Waals surface area (Å²) in [7, 11) is 0. The topological polar surface area (TPSA) is 3.24 Å². The van der Waals surface area contributed by atoms with Crippen LogP contribution in [0, 0.1) is 0 Å². The Bertz CT molecular complexity index is 1520. The van der Waals surface area contributed by atoms with Crippen LogP contribution in [-0.4, -0.2) is 0 Å². The smallest absolute Gasteiger partial charge is 0.0462 e. The highest BCUT2D eigenvalue weighted by atomic mass is 15.1. The molecule has 0 saturated heterocycles. The highest BCUT2D eigenvalue weighted by Crippen LogP contribution is 2.35. The Hall–Kier alpha value is -5.14. The van der Waals surface area contributed by atoms with Crippen molar-refractivity contribution in [1.82, 2.24) is 0 Å². The third-order valence-corrected chi connectivity index (χ3v) is 7.01. The van der Waals surface area contributed by atoms with E-state index in [0.717, 1.165) is 29.9 Å². The standard InChI is InChI=1S/C41H37N/c1-2-13-34-22-28-39(29-23-34)42(40-30-24-37(25-31-40)20-11-9-18-35-14-5-3-6-15-35)41-32-26-38(27-33-41)21-12-10-19-36-16-7-4-8-17-36/h3-12,14-33H,2,13H2,1H3/b18-9+,19-10+,20-11+,21-12+. The first-order valence-corrected chi connectivity index (χ1v) is 14.7. The molecule has 206 valence electrons. The molecule has 0 N–H and O–H groups in total. The maximum atomic E-state index is 2.32. The van der Waals surface area contributed by atoms with Gasteiger partial charge >= 0.3 is 0 Å². The van der Waals surface area contributed by atoms with Gasteiger partial charge in [-0.2, -0.15) is 0 Å². The Morgan fingerprint density at radius 2 is 0.738 bits per heavy atom. The molecule has 0 aliphatic rings. The molecule has 0 aliphatic carbocycles. The van der Waals surface area contributed by atoms with Crippen molar-refractivity contribution in [3.05, 3.63) is 186 Å². The SMILES string of the molecule is CCCc1ccc(N(c2ccc(/C=C/C=C/c3ccccc3)cc2)c2ccc(/C=C/C=C/c3ccccc3)cc2)cc1. The van der Waals surface area contributed by atoms with Crippen LogP contribution in [-0.2, 0) is 6.42 Å². The number of benzene rings is 5. The normalized spacial score (nSPS) is 11.7. The molecule has 42 heavy (non-hydrogen) atoms. The summed E-state index contributed by atoms with van der Waals surface area (Å²) in [6, 6.07) is 47.2. The lowest BCUT2D eigenvalue weighted by molar-refractivity contribution is 0.922. The van der Waals surface area contributed by atoms with Gasteiger partial charge in [0.1, 0.15) is 0 Å². The lowest BCUT2D eigenvalue weighted by Crippen LogP contribution is -2.10. The fourth-order valence-electron chi connectivity index (χ4n) is 4.81. The molecule has 0 spiro atoms. The van der Waals surface area contributed by atoms with E-state index in [9.17, 15) is 0 Å². The quantitative estimate of drug-likeness (QED) is 0.150. The molecule has 0 aromatic heterocycles. The van der Waals surface area contributed by atoms with Crippen molar-refractivity contribution in [2.75, 3.05) is 4.90 Å². The van der Waals surface area contributed by atoms with Crippen LogP contribution in [0.4, 0.5) is 17.1 Å². The van der Waals surface area contributed by atoms with E-state index < -0.39 is 0 Å². The molecule has 0 atom stereocenters. The third kappa shape index (κ3) is 8.19. The summed E-state index contributed by atoms with van der Waals surface area (Å²) >= 11 is 0.